The van der Waals surface area contributed by atoms with Crippen molar-refractivity contribution in [2.75, 3.05) is 32.8 Å². The van der Waals surface area contributed by atoms with E-state index in [1.807, 2.05) is 0 Å². The Labute approximate surface area is 113 Å². The van der Waals surface area contributed by atoms with Crippen LogP contribution in [-0.2, 0) is 4.74 Å². The SMILES string of the molecule is CCCNC(CN1CCOCC1(C)C)C(C)(C)C. The Morgan fingerprint density at radius 3 is 2.50 bits per heavy atom. The summed E-state index contributed by atoms with van der Waals surface area (Å²) in [6.07, 6.45) is 1.19. The van der Waals surface area contributed by atoms with Crippen molar-refractivity contribution in [1.82, 2.24) is 10.2 Å². The number of hydrogen-bond acceptors (Lipinski definition) is 3. The summed E-state index contributed by atoms with van der Waals surface area (Å²) in [5.74, 6) is 0. The van der Waals surface area contributed by atoms with Gasteiger partial charge in [-0.25, -0.2) is 0 Å². The Hall–Kier alpha value is -0.120. The van der Waals surface area contributed by atoms with Crippen LogP contribution in [0.5, 0.6) is 0 Å². The Morgan fingerprint density at radius 1 is 1.33 bits per heavy atom. The fourth-order valence-corrected chi connectivity index (χ4v) is 2.41. The van der Waals surface area contributed by atoms with Gasteiger partial charge in [0, 0.05) is 24.7 Å². The average Bonchev–Trinajstić information content (AvgIpc) is 2.24. The second-order valence-electron chi connectivity index (χ2n) is 7.18. The summed E-state index contributed by atoms with van der Waals surface area (Å²) in [6.45, 7) is 18.8. The van der Waals surface area contributed by atoms with Crippen LogP contribution in [0.1, 0.15) is 48.0 Å². The van der Waals surface area contributed by atoms with Gasteiger partial charge in [0.2, 0.25) is 0 Å². The van der Waals surface area contributed by atoms with Crippen LogP contribution in [0.25, 0.3) is 0 Å². The smallest absolute Gasteiger partial charge is 0.0645 e. The van der Waals surface area contributed by atoms with Crippen LogP contribution in [0.15, 0.2) is 0 Å². The number of ether oxygens (including phenoxy) is 1. The largest absolute Gasteiger partial charge is 0.378 e. The first-order valence-corrected chi connectivity index (χ1v) is 7.33. The zero-order valence-corrected chi connectivity index (χ0v) is 13.2. The highest BCUT2D eigenvalue weighted by Gasteiger charge is 2.34. The van der Waals surface area contributed by atoms with Gasteiger partial charge in [-0.15, -0.1) is 0 Å². The first-order valence-electron chi connectivity index (χ1n) is 7.33. The van der Waals surface area contributed by atoms with E-state index < -0.39 is 0 Å². The van der Waals surface area contributed by atoms with Crippen LogP contribution in [0, 0.1) is 5.41 Å². The molecule has 0 aromatic carbocycles. The van der Waals surface area contributed by atoms with Gasteiger partial charge in [0.05, 0.1) is 13.2 Å². The third-order valence-electron chi connectivity index (χ3n) is 3.91. The van der Waals surface area contributed by atoms with Gasteiger partial charge >= 0.3 is 0 Å². The molecule has 1 unspecified atom stereocenters. The summed E-state index contributed by atoms with van der Waals surface area (Å²) in [6, 6.07) is 0.537. The molecule has 1 fully saturated rings. The second kappa shape index (κ2) is 6.36. The third kappa shape index (κ3) is 4.52. The van der Waals surface area contributed by atoms with Crippen LogP contribution in [0.4, 0.5) is 0 Å². The second-order valence-corrected chi connectivity index (χ2v) is 7.18. The Morgan fingerprint density at radius 2 is 2.00 bits per heavy atom. The van der Waals surface area contributed by atoms with Crippen molar-refractivity contribution < 1.29 is 4.74 Å². The number of rotatable bonds is 5. The molecular formula is C15H32N2O. The monoisotopic (exact) mass is 256 g/mol. The van der Waals surface area contributed by atoms with E-state index >= 15 is 0 Å². The maximum Gasteiger partial charge on any atom is 0.0645 e. The van der Waals surface area contributed by atoms with Crippen LogP contribution < -0.4 is 5.32 Å². The fraction of sp³-hybridized carbons (Fsp3) is 1.00. The number of hydrogen-bond donors (Lipinski definition) is 1. The predicted molar refractivity (Wildman–Crippen MR) is 78.0 cm³/mol. The van der Waals surface area contributed by atoms with E-state index in [9.17, 15) is 0 Å². The molecule has 1 heterocycles. The third-order valence-corrected chi connectivity index (χ3v) is 3.91. The van der Waals surface area contributed by atoms with E-state index in [4.69, 9.17) is 4.74 Å². The van der Waals surface area contributed by atoms with Crippen molar-refractivity contribution in [2.24, 2.45) is 5.41 Å². The maximum absolute atomic E-state index is 5.60. The standard InChI is InChI=1S/C15H32N2O/c1-7-8-16-13(14(2,3)4)11-17-9-10-18-12-15(17,5)6/h13,16H,7-12H2,1-6H3. The Kier molecular flexibility index (Phi) is 5.63. The van der Waals surface area contributed by atoms with Gasteiger partial charge in [-0.1, -0.05) is 27.7 Å². The molecule has 1 N–H and O–H groups in total. The van der Waals surface area contributed by atoms with E-state index in [0.717, 1.165) is 32.8 Å². The van der Waals surface area contributed by atoms with Gasteiger partial charge in [-0.2, -0.15) is 0 Å². The van der Waals surface area contributed by atoms with Gasteiger partial charge in [0.15, 0.2) is 0 Å². The van der Waals surface area contributed by atoms with Crippen LogP contribution >= 0.6 is 0 Å². The van der Waals surface area contributed by atoms with Crippen molar-refractivity contribution in [3.63, 3.8) is 0 Å². The molecule has 0 saturated carbocycles. The lowest BCUT2D eigenvalue weighted by molar-refractivity contribution is -0.0592. The minimum absolute atomic E-state index is 0.162. The summed E-state index contributed by atoms with van der Waals surface area (Å²) < 4.78 is 5.60. The molecule has 3 nitrogen and oxygen atoms in total. The summed E-state index contributed by atoms with van der Waals surface area (Å²) in [5.41, 5.74) is 0.458. The van der Waals surface area contributed by atoms with Crippen LogP contribution in [-0.4, -0.2) is 49.3 Å². The molecule has 1 saturated heterocycles. The zero-order valence-electron chi connectivity index (χ0n) is 13.2. The quantitative estimate of drug-likeness (QED) is 0.818. The van der Waals surface area contributed by atoms with E-state index in [2.05, 4.69) is 51.8 Å². The van der Waals surface area contributed by atoms with Crippen LogP contribution in [0.2, 0.25) is 0 Å². The molecule has 0 aliphatic carbocycles. The first kappa shape index (κ1) is 15.9. The summed E-state index contributed by atoms with van der Waals surface area (Å²) in [7, 11) is 0. The lowest BCUT2D eigenvalue weighted by Crippen LogP contribution is -2.59. The highest BCUT2D eigenvalue weighted by Crippen LogP contribution is 2.25. The molecule has 0 amide bonds. The number of nitrogens with zero attached hydrogens (tertiary/aromatic N) is 1. The molecule has 0 radical (unpaired) electrons. The molecule has 0 aromatic heterocycles. The number of nitrogens with one attached hydrogen (secondary N) is 1. The van der Waals surface area contributed by atoms with Crippen molar-refractivity contribution >= 4 is 0 Å². The highest BCUT2D eigenvalue weighted by molar-refractivity contribution is 4.90. The molecule has 3 heteroatoms. The molecule has 0 bridgehead atoms. The normalized spacial score (nSPS) is 23.0. The number of morpholine rings is 1. The van der Waals surface area contributed by atoms with Crippen LogP contribution in [0.3, 0.4) is 0 Å². The van der Waals surface area contributed by atoms with E-state index in [1.54, 1.807) is 0 Å². The zero-order chi connectivity index (χ0) is 13.8. The van der Waals surface area contributed by atoms with E-state index in [-0.39, 0.29) is 5.54 Å². The Balaban J connectivity index is 2.64. The van der Waals surface area contributed by atoms with Gasteiger partial charge in [-0.05, 0) is 32.2 Å². The topological polar surface area (TPSA) is 24.5 Å². The molecule has 1 rings (SSSR count). The van der Waals surface area contributed by atoms with Gasteiger partial charge in [-0.3, -0.25) is 4.90 Å². The Bertz CT molecular complexity index is 245. The summed E-state index contributed by atoms with van der Waals surface area (Å²) in [4.78, 5) is 2.58. The van der Waals surface area contributed by atoms with Gasteiger partial charge in [0.25, 0.3) is 0 Å². The molecule has 1 atom stereocenters. The molecule has 0 aromatic rings. The first-order chi connectivity index (χ1) is 8.27. The lowest BCUT2D eigenvalue weighted by atomic mass is 9.85. The molecule has 1 aliphatic heterocycles. The van der Waals surface area contributed by atoms with Crippen molar-refractivity contribution in [1.29, 1.82) is 0 Å². The summed E-state index contributed by atoms with van der Waals surface area (Å²) >= 11 is 0. The maximum atomic E-state index is 5.60. The van der Waals surface area contributed by atoms with E-state index in [1.165, 1.54) is 6.42 Å². The molecule has 1 aliphatic rings. The average molecular weight is 256 g/mol. The minimum Gasteiger partial charge on any atom is -0.378 e. The summed E-state index contributed by atoms with van der Waals surface area (Å²) in [5, 5.41) is 3.71. The minimum atomic E-state index is 0.162. The highest BCUT2D eigenvalue weighted by atomic mass is 16.5. The molecular weight excluding hydrogens is 224 g/mol. The lowest BCUT2D eigenvalue weighted by Gasteiger charge is -2.46. The van der Waals surface area contributed by atoms with Gasteiger partial charge in [0.1, 0.15) is 0 Å². The fourth-order valence-electron chi connectivity index (χ4n) is 2.41. The van der Waals surface area contributed by atoms with Gasteiger partial charge < -0.3 is 10.1 Å². The molecule has 108 valence electrons. The van der Waals surface area contributed by atoms with Crippen molar-refractivity contribution in [3.05, 3.63) is 0 Å². The van der Waals surface area contributed by atoms with Crippen molar-refractivity contribution in [3.8, 4) is 0 Å². The van der Waals surface area contributed by atoms with Crippen molar-refractivity contribution in [2.45, 2.75) is 59.5 Å². The molecule has 18 heavy (non-hydrogen) atoms. The molecule has 0 spiro atoms. The van der Waals surface area contributed by atoms with E-state index in [0.29, 0.717) is 11.5 Å². The predicted octanol–water partition coefficient (Wildman–Crippen LogP) is 2.51.